The van der Waals surface area contributed by atoms with E-state index in [0.29, 0.717) is 21.3 Å². The molecule has 1 unspecified atom stereocenters. The summed E-state index contributed by atoms with van der Waals surface area (Å²) in [7, 11) is 1.76. The summed E-state index contributed by atoms with van der Waals surface area (Å²) in [5.74, 6) is -0.345. The smallest absolute Gasteiger partial charge is 0.271 e. The third-order valence-electron chi connectivity index (χ3n) is 3.12. The number of halogens is 2. The number of hydrogen-bond acceptors (Lipinski definition) is 3. The Morgan fingerprint density at radius 3 is 2.71 bits per heavy atom. The van der Waals surface area contributed by atoms with E-state index in [4.69, 9.17) is 23.2 Å². The summed E-state index contributed by atoms with van der Waals surface area (Å²) in [6.45, 7) is 1.89. The molecule has 2 rings (SSSR count). The highest BCUT2D eigenvalue weighted by Gasteiger charge is 2.15. The van der Waals surface area contributed by atoms with Gasteiger partial charge in [-0.3, -0.25) is 9.48 Å². The van der Waals surface area contributed by atoms with Gasteiger partial charge in [0.15, 0.2) is 0 Å². The number of aryl methyl sites for hydroxylation is 2. The highest BCUT2D eigenvalue weighted by molar-refractivity contribution is 6.35. The predicted octanol–water partition coefficient (Wildman–Crippen LogP) is 2.50. The molecule has 112 valence electrons. The van der Waals surface area contributed by atoms with E-state index in [1.54, 1.807) is 36.0 Å². The normalized spacial score (nSPS) is 12.2. The average Bonchev–Trinajstić information content (AvgIpc) is 2.76. The fourth-order valence-corrected chi connectivity index (χ4v) is 2.37. The predicted molar refractivity (Wildman–Crippen MR) is 81.7 cm³/mol. The van der Waals surface area contributed by atoms with E-state index in [1.807, 2.05) is 6.92 Å². The number of hydrogen-bond donors (Lipinski definition) is 2. The van der Waals surface area contributed by atoms with Crippen LogP contribution in [0.4, 0.5) is 0 Å². The van der Waals surface area contributed by atoms with Gasteiger partial charge in [0.2, 0.25) is 0 Å². The Labute approximate surface area is 132 Å². The van der Waals surface area contributed by atoms with Crippen LogP contribution in [-0.2, 0) is 7.05 Å². The molecule has 1 heterocycles. The number of aromatic nitrogens is 2. The first-order chi connectivity index (χ1) is 9.88. The van der Waals surface area contributed by atoms with Crippen LogP contribution >= 0.6 is 23.2 Å². The third kappa shape index (κ3) is 3.75. The van der Waals surface area contributed by atoms with Crippen molar-refractivity contribution in [2.45, 2.75) is 13.0 Å². The summed E-state index contributed by atoms with van der Waals surface area (Å²) in [6, 6.07) is 6.49. The molecule has 0 aliphatic rings. The lowest BCUT2D eigenvalue weighted by atomic mass is 10.1. The molecule has 21 heavy (non-hydrogen) atoms. The van der Waals surface area contributed by atoms with Crippen molar-refractivity contribution in [3.63, 3.8) is 0 Å². The van der Waals surface area contributed by atoms with E-state index in [2.05, 4.69) is 10.4 Å². The van der Waals surface area contributed by atoms with Crippen LogP contribution in [0.2, 0.25) is 10.0 Å². The number of aliphatic hydroxyl groups excluding tert-OH is 1. The molecular formula is C14H15Cl2N3O2. The fourth-order valence-electron chi connectivity index (χ4n) is 1.83. The van der Waals surface area contributed by atoms with Gasteiger partial charge in [0.1, 0.15) is 5.69 Å². The molecular weight excluding hydrogens is 313 g/mol. The minimum Gasteiger partial charge on any atom is -0.387 e. The van der Waals surface area contributed by atoms with Crippen LogP contribution in [-0.4, -0.2) is 27.3 Å². The van der Waals surface area contributed by atoms with Crippen molar-refractivity contribution >= 4 is 29.1 Å². The van der Waals surface area contributed by atoms with Gasteiger partial charge >= 0.3 is 0 Å². The zero-order valence-corrected chi connectivity index (χ0v) is 13.1. The molecule has 1 amide bonds. The Hall–Kier alpha value is -1.56. The number of aliphatic hydroxyl groups is 1. The topological polar surface area (TPSA) is 67.2 Å². The van der Waals surface area contributed by atoms with Crippen molar-refractivity contribution in [1.29, 1.82) is 0 Å². The van der Waals surface area contributed by atoms with Crippen LogP contribution in [0.5, 0.6) is 0 Å². The van der Waals surface area contributed by atoms with Crippen LogP contribution < -0.4 is 5.32 Å². The summed E-state index contributed by atoms with van der Waals surface area (Å²) in [5, 5.41) is 17.6. The van der Waals surface area contributed by atoms with Gasteiger partial charge in [-0.05, 0) is 25.1 Å². The van der Waals surface area contributed by atoms with E-state index < -0.39 is 6.10 Å². The maximum atomic E-state index is 11.9. The molecule has 0 fully saturated rings. The SMILES string of the molecule is Cc1cc(C(=O)NCC(O)c2ccc(Cl)cc2Cl)nn1C. The summed E-state index contributed by atoms with van der Waals surface area (Å²) in [5.41, 5.74) is 1.70. The number of nitrogens with zero attached hydrogens (tertiary/aromatic N) is 2. The van der Waals surface area contributed by atoms with Gasteiger partial charge in [-0.1, -0.05) is 29.3 Å². The van der Waals surface area contributed by atoms with Crippen LogP contribution in [0, 0.1) is 6.92 Å². The second-order valence-electron chi connectivity index (χ2n) is 4.69. The van der Waals surface area contributed by atoms with Crippen LogP contribution in [0.3, 0.4) is 0 Å². The van der Waals surface area contributed by atoms with E-state index in [0.717, 1.165) is 5.69 Å². The maximum absolute atomic E-state index is 11.9. The largest absolute Gasteiger partial charge is 0.387 e. The number of amides is 1. The lowest BCUT2D eigenvalue weighted by molar-refractivity contribution is 0.0910. The van der Waals surface area contributed by atoms with Gasteiger partial charge in [-0.2, -0.15) is 5.10 Å². The molecule has 1 aromatic carbocycles. The van der Waals surface area contributed by atoms with Crippen molar-refractivity contribution in [3.8, 4) is 0 Å². The van der Waals surface area contributed by atoms with Crippen molar-refractivity contribution < 1.29 is 9.90 Å². The monoisotopic (exact) mass is 327 g/mol. The highest BCUT2D eigenvalue weighted by Crippen LogP contribution is 2.25. The first-order valence-electron chi connectivity index (χ1n) is 6.30. The second-order valence-corrected chi connectivity index (χ2v) is 5.53. The Morgan fingerprint density at radius 1 is 1.43 bits per heavy atom. The molecule has 0 aliphatic heterocycles. The lowest BCUT2D eigenvalue weighted by Crippen LogP contribution is -2.28. The standard InChI is InChI=1S/C14H15Cl2N3O2/c1-8-5-12(18-19(8)2)14(21)17-7-13(20)10-4-3-9(15)6-11(10)16/h3-6,13,20H,7H2,1-2H3,(H,17,21). The molecule has 1 aromatic heterocycles. The van der Waals surface area contributed by atoms with E-state index in [1.165, 1.54) is 0 Å². The molecule has 2 N–H and O–H groups in total. The number of benzene rings is 1. The van der Waals surface area contributed by atoms with Gasteiger partial charge in [-0.25, -0.2) is 0 Å². The van der Waals surface area contributed by atoms with E-state index >= 15 is 0 Å². The minimum absolute atomic E-state index is 0.0375. The Morgan fingerprint density at radius 2 is 2.14 bits per heavy atom. The summed E-state index contributed by atoms with van der Waals surface area (Å²) in [4.78, 5) is 11.9. The van der Waals surface area contributed by atoms with E-state index in [9.17, 15) is 9.90 Å². The molecule has 0 aliphatic carbocycles. The van der Waals surface area contributed by atoms with Crippen molar-refractivity contribution in [3.05, 3.63) is 51.3 Å². The van der Waals surface area contributed by atoms with Crippen molar-refractivity contribution in [1.82, 2.24) is 15.1 Å². The van der Waals surface area contributed by atoms with Gasteiger partial charge in [0.25, 0.3) is 5.91 Å². The van der Waals surface area contributed by atoms with Gasteiger partial charge in [-0.15, -0.1) is 0 Å². The zero-order valence-electron chi connectivity index (χ0n) is 11.6. The Bertz CT molecular complexity index is 651. The summed E-state index contributed by atoms with van der Waals surface area (Å²) < 4.78 is 1.61. The number of carbonyl (C=O) groups excluding carboxylic acids is 1. The molecule has 0 saturated carbocycles. The van der Waals surface area contributed by atoms with Crippen molar-refractivity contribution in [2.24, 2.45) is 7.05 Å². The first kappa shape index (κ1) is 15.8. The second kappa shape index (κ2) is 6.47. The molecule has 5 nitrogen and oxygen atoms in total. The summed E-state index contributed by atoms with van der Waals surface area (Å²) >= 11 is 11.8. The van der Waals surface area contributed by atoms with Gasteiger partial charge in [0.05, 0.1) is 6.10 Å². The van der Waals surface area contributed by atoms with Crippen LogP contribution in [0.1, 0.15) is 27.8 Å². The van der Waals surface area contributed by atoms with Gasteiger partial charge in [0, 0.05) is 34.9 Å². The van der Waals surface area contributed by atoms with E-state index in [-0.39, 0.29) is 12.5 Å². The fraction of sp³-hybridized carbons (Fsp3) is 0.286. The quantitative estimate of drug-likeness (QED) is 0.906. The minimum atomic E-state index is -0.913. The molecule has 7 heteroatoms. The molecule has 0 spiro atoms. The Kier molecular flexibility index (Phi) is 4.88. The number of nitrogens with one attached hydrogen (secondary N) is 1. The zero-order chi connectivity index (χ0) is 15.6. The van der Waals surface area contributed by atoms with Gasteiger partial charge < -0.3 is 10.4 Å². The number of carbonyl (C=O) groups is 1. The average molecular weight is 328 g/mol. The lowest BCUT2D eigenvalue weighted by Gasteiger charge is -2.13. The van der Waals surface area contributed by atoms with Crippen LogP contribution in [0.15, 0.2) is 24.3 Å². The third-order valence-corrected chi connectivity index (χ3v) is 3.69. The first-order valence-corrected chi connectivity index (χ1v) is 7.06. The molecule has 0 bridgehead atoms. The maximum Gasteiger partial charge on any atom is 0.271 e. The number of rotatable bonds is 4. The van der Waals surface area contributed by atoms with Crippen molar-refractivity contribution in [2.75, 3.05) is 6.54 Å². The Balaban J connectivity index is 2.00. The molecule has 2 aromatic rings. The summed E-state index contributed by atoms with van der Waals surface area (Å²) in [6.07, 6.45) is -0.913. The highest BCUT2D eigenvalue weighted by atomic mass is 35.5. The molecule has 0 radical (unpaired) electrons. The van der Waals surface area contributed by atoms with Crippen LogP contribution in [0.25, 0.3) is 0 Å². The molecule has 1 atom stereocenters. The molecule has 0 saturated heterocycles.